The van der Waals surface area contributed by atoms with E-state index >= 15 is 0 Å². The molecule has 1 saturated heterocycles. The highest BCUT2D eigenvalue weighted by atomic mass is 16.6. The molecule has 1 aliphatic carbocycles. The van der Waals surface area contributed by atoms with Gasteiger partial charge in [0, 0.05) is 18.6 Å². The SMILES string of the molecule is CC(C)(C)OC(=O)N1CCC(O)(C2(N)CC2)CC1. The molecule has 0 aromatic carbocycles. The maximum Gasteiger partial charge on any atom is 0.410 e. The van der Waals surface area contributed by atoms with Crippen molar-refractivity contribution in [1.29, 1.82) is 0 Å². The van der Waals surface area contributed by atoms with E-state index in [1.54, 1.807) is 4.90 Å². The van der Waals surface area contributed by atoms with Gasteiger partial charge in [0.15, 0.2) is 0 Å². The van der Waals surface area contributed by atoms with E-state index in [2.05, 4.69) is 0 Å². The Morgan fingerprint density at radius 1 is 1.22 bits per heavy atom. The zero-order valence-corrected chi connectivity index (χ0v) is 11.5. The summed E-state index contributed by atoms with van der Waals surface area (Å²) in [5.41, 5.74) is 4.41. The Bertz CT molecular complexity index is 337. The molecule has 5 heteroatoms. The number of ether oxygens (including phenoxy) is 1. The first-order valence-corrected chi connectivity index (χ1v) is 6.64. The molecule has 18 heavy (non-hydrogen) atoms. The minimum Gasteiger partial charge on any atom is -0.444 e. The summed E-state index contributed by atoms with van der Waals surface area (Å²) in [5, 5.41) is 10.5. The molecule has 104 valence electrons. The fraction of sp³-hybridized carbons (Fsp3) is 0.923. The molecule has 0 radical (unpaired) electrons. The molecule has 1 heterocycles. The van der Waals surface area contributed by atoms with Gasteiger partial charge in [0.1, 0.15) is 5.60 Å². The van der Waals surface area contributed by atoms with Crippen molar-refractivity contribution in [1.82, 2.24) is 4.90 Å². The second-order valence-electron chi connectivity index (χ2n) is 6.66. The van der Waals surface area contributed by atoms with Crippen LogP contribution in [0.3, 0.4) is 0 Å². The summed E-state index contributed by atoms with van der Waals surface area (Å²) in [6.45, 7) is 6.59. The van der Waals surface area contributed by atoms with E-state index in [1.165, 1.54) is 0 Å². The van der Waals surface area contributed by atoms with Gasteiger partial charge in [-0.3, -0.25) is 0 Å². The molecule has 1 saturated carbocycles. The summed E-state index contributed by atoms with van der Waals surface area (Å²) < 4.78 is 5.32. The smallest absolute Gasteiger partial charge is 0.410 e. The quantitative estimate of drug-likeness (QED) is 0.740. The highest BCUT2D eigenvalue weighted by Gasteiger charge is 2.56. The molecule has 0 atom stereocenters. The summed E-state index contributed by atoms with van der Waals surface area (Å²) in [4.78, 5) is 13.5. The number of rotatable bonds is 1. The largest absolute Gasteiger partial charge is 0.444 e. The van der Waals surface area contributed by atoms with Gasteiger partial charge in [-0.05, 0) is 46.5 Å². The number of aliphatic hydroxyl groups is 1. The molecular weight excluding hydrogens is 232 g/mol. The first-order valence-electron chi connectivity index (χ1n) is 6.64. The highest BCUT2D eigenvalue weighted by Crippen LogP contribution is 2.47. The van der Waals surface area contributed by atoms with Crippen LogP contribution in [0.2, 0.25) is 0 Å². The second-order valence-corrected chi connectivity index (χ2v) is 6.66. The third-order valence-corrected chi connectivity index (χ3v) is 3.96. The van der Waals surface area contributed by atoms with Crippen molar-refractivity contribution in [3.8, 4) is 0 Å². The van der Waals surface area contributed by atoms with Crippen LogP contribution >= 0.6 is 0 Å². The number of carbonyl (C=O) groups excluding carboxylic acids is 1. The average molecular weight is 256 g/mol. The lowest BCUT2D eigenvalue weighted by molar-refractivity contribution is -0.0537. The van der Waals surface area contributed by atoms with Gasteiger partial charge in [-0.2, -0.15) is 0 Å². The van der Waals surface area contributed by atoms with Crippen molar-refractivity contribution >= 4 is 6.09 Å². The summed E-state index contributed by atoms with van der Waals surface area (Å²) in [6.07, 6.45) is 2.56. The summed E-state index contributed by atoms with van der Waals surface area (Å²) in [7, 11) is 0. The van der Waals surface area contributed by atoms with Crippen molar-refractivity contribution in [2.24, 2.45) is 5.73 Å². The predicted molar refractivity (Wildman–Crippen MR) is 68.1 cm³/mol. The normalized spacial score (nSPS) is 25.7. The summed E-state index contributed by atoms with van der Waals surface area (Å²) >= 11 is 0. The standard InChI is InChI=1S/C13H24N2O3/c1-11(2,3)18-10(16)15-8-6-13(17,7-9-15)12(14)4-5-12/h17H,4-9,14H2,1-3H3. The zero-order valence-electron chi connectivity index (χ0n) is 11.5. The number of nitrogens with two attached hydrogens (primary N) is 1. The molecule has 1 amide bonds. The molecular formula is C13H24N2O3. The molecule has 2 aliphatic rings. The number of piperidine rings is 1. The van der Waals surface area contributed by atoms with Gasteiger partial charge in [0.05, 0.1) is 5.60 Å². The van der Waals surface area contributed by atoms with Gasteiger partial charge in [-0.25, -0.2) is 4.79 Å². The van der Waals surface area contributed by atoms with Gasteiger partial charge in [-0.15, -0.1) is 0 Å². The van der Waals surface area contributed by atoms with E-state index in [1.807, 2.05) is 20.8 Å². The van der Waals surface area contributed by atoms with Crippen molar-refractivity contribution in [3.63, 3.8) is 0 Å². The molecule has 0 bridgehead atoms. The summed E-state index contributed by atoms with van der Waals surface area (Å²) in [5.74, 6) is 0. The second kappa shape index (κ2) is 4.10. The van der Waals surface area contributed by atoms with Crippen LogP contribution in [0.25, 0.3) is 0 Å². The number of likely N-dealkylation sites (tertiary alicyclic amines) is 1. The van der Waals surface area contributed by atoms with Crippen LogP contribution < -0.4 is 5.73 Å². The van der Waals surface area contributed by atoms with Gasteiger partial charge >= 0.3 is 6.09 Å². The summed E-state index contributed by atoms with van der Waals surface area (Å²) in [6, 6.07) is 0. The van der Waals surface area contributed by atoms with Gasteiger partial charge in [-0.1, -0.05) is 0 Å². The van der Waals surface area contributed by atoms with Gasteiger partial charge in [0.25, 0.3) is 0 Å². The number of hydrogen-bond donors (Lipinski definition) is 2. The first-order chi connectivity index (χ1) is 8.15. The van der Waals surface area contributed by atoms with Crippen molar-refractivity contribution in [2.45, 2.75) is 63.2 Å². The van der Waals surface area contributed by atoms with Crippen LogP contribution in [0.15, 0.2) is 0 Å². The van der Waals surface area contributed by atoms with Gasteiger partial charge < -0.3 is 20.5 Å². The maximum absolute atomic E-state index is 11.9. The maximum atomic E-state index is 11.9. The van der Waals surface area contributed by atoms with E-state index in [0.717, 1.165) is 12.8 Å². The molecule has 2 fully saturated rings. The molecule has 0 spiro atoms. The Balaban J connectivity index is 1.89. The van der Waals surface area contributed by atoms with Crippen LogP contribution in [0.5, 0.6) is 0 Å². The van der Waals surface area contributed by atoms with Crippen LogP contribution in [-0.4, -0.2) is 45.9 Å². The van der Waals surface area contributed by atoms with E-state index in [4.69, 9.17) is 10.5 Å². The molecule has 0 aromatic rings. The van der Waals surface area contributed by atoms with Crippen molar-refractivity contribution in [2.75, 3.05) is 13.1 Å². The van der Waals surface area contributed by atoms with E-state index in [0.29, 0.717) is 25.9 Å². The molecule has 5 nitrogen and oxygen atoms in total. The third kappa shape index (κ3) is 2.62. The Hall–Kier alpha value is -0.810. The fourth-order valence-corrected chi connectivity index (χ4v) is 2.48. The van der Waals surface area contributed by atoms with Crippen LogP contribution in [0.4, 0.5) is 4.79 Å². The van der Waals surface area contributed by atoms with E-state index in [-0.39, 0.29) is 6.09 Å². The fourth-order valence-electron chi connectivity index (χ4n) is 2.48. The number of carbonyl (C=O) groups is 1. The average Bonchev–Trinajstić information content (AvgIpc) is 2.96. The molecule has 2 rings (SSSR count). The lowest BCUT2D eigenvalue weighted by atomic mass is 9.83. The third-order valence-electron chi connectivity index (χ3n) is 3.96. The van der Waals surface area contributed by atoms with Crippen LogP contribution in [-0.2, 0) is 4.74 Å². The van der Waals surface area contributed by atoms with E-state index in [9.17, 15) is 9.90 Å². The van der Waals surface area contributed by atoms with Gasteiger partial charge in [0.2, 0.25) is 0 Å². The zero-order chi connectivity index (χ0) is 13.6. The molecule has 3 N–H and O–H groups in total. The Morgan fingerprint density at radius 3 is 2.11 bits per heavy atom. The monoisotopic (exact) mass is 256 g/mol. The van der Waals surface area contributed by atoms with Crippen molar-refractivity contribution < 1.29 is 14.6 Å². The predicted octanol–water partition coefficient (Wildman–Crippen LogP) is 1.24. The van der Waals surface area contributed by atoms with E-state index < -0.39 is 16.7 Å². The molecule has 0 aromatic heterocycles. The number of nitrogens with zero attached hydrogens (tertiary/aromatic N) is 1. The van der Waals surface area contributed by atoms with Crippen molar-refractivity contribution in [3.05, 3.63) is 0 Å². The Labute approximate surface area is 108 Å². The molecule has 0 unspecified atom stereocenters. The topological polar surface area (TPSA) is 75.8 Å². The minimum absolute atomic E-state index is 0.300. The first kappa shape index (κ1) is 13.6. The Kier molecular flexibility index (Phi) is 3.10. The molecule has 1 aliphatic heterocycles. The minimum atomic E-state index is -0.800. The van der Waals surface area contributed by atoms with Crippen LogP contribution in [0, 0.1) is 0 Å². The number of hydrogen-bond acceptors (Lipinski definition) is 4. The highest BCUT2D eigenvalue weighted by molar-refractivity contribution is 5.68. The lowest BCUT2D eigenvalue weighted by Crippen LogP contribution is -2.57. The lowest BCUT2D eigenvalue weighted by Gasteiger charge is -2.42. The Morgan fingerprint density at radius 2 is 1.72 bits per heavy atom. The number of amides is 1. The van der Waals surface area contributed by atoms with Crippen LogP contribution in [0.1, 0.15) is 46.5 Å².